The molecule has 102 valence electrons. The van der Waals surface area contributed by atoms with Crippen molar-refractivity contribution in [2.24, 2.45) is 0 Å². The van der Waals surface area contributed by atoms with E-state index in [2.05, 4.69) is 5.32 Å². The van der Waals surface area contributed by atoms with Gasteiger partial charge in [-0.3, -0.25) is 19.7 Å². The van der Waals surface area contributed by atoms with Crippen molar-refractivity contribution in [3.8, 4) is 0 Å². The van der Waals surface area contributed by atoms with Crippen molar-refractivity contribution in [1.82, 2.24) is 0 Å². The Morgan fingerprint density at radius 2 is 2.11 bits per heavy atom. The number of anilines is 1. The number of carboxylic acid groups (broad SMARTS) is 1. The summed E-state index contributed by atoms with van der Waals surface area (Å²) < 4.78 is 0. The van der Waals surface area contributed by atoms with Crippen LogP contribution in [0, 0.1) is 10.1 Å². The molecule has 0 aliphatic heterocycles. The van der Waals surface area contributed by atoms with Crippen LogP contribution in [0.15, 0.2) is 18.2 Å². The molecule has 0 saturated heterocycles. The fraction of sp³-hybridized carbons (Fsp3) is 0.200. The summed E-state index contributed by atoms with van der Waals surface area (Å²) in [6.07, 6.45) is 0. The van der Waals surface area contributed by atoms with Crippen molar-refractivity contribution >= 4 is 46.6 Å². The molecule has 0 radical (unpaired) electrons. The lowest BCUT2D eigenvalue weighted by Gasteiger charge is -2.06. The number of rotatable bonds is 6. The van der Waals surface area contributed by atoms with Crippen molar-refractivity contribution in [2.75, 3.05) is 16.8 Å². The van der Waals surface area contributed by atoms with Crippen molar-refractivity contribution in [1.29, 1.82) is 0 Å². The van der Waals surface area contributed by atoms with Gasteiger partial charge in [-0.1, -0.05) is 11.6 Å². The molecular weight excluding hydrogens is 296 g/mol. The predicted octanol–water partition coefficient (Wildman–Crippen LogP) is 2.00. The first-order chi connectivity index (χ1) is 8.90. The number of carbonyl (C=O) groups excluding carboxylic acids is 1. The van der Waals surface area contributed by atoms with Gasteiger partial charge in [0.2, 0.25) is 5.91 Å². The van der Waals surface area contributed by atoms with Crippen LogP contribution in [-0.4, -0.2) is 33.4 Å². The zero-order chi connectivity index (χ0) is 14.4. The summed E-state index contributed by atoms with van der Waals surface area (Å²) in [5.41, 5.74) is 0.0662. The molecule has 19 heavy (non-hydrogen) atoms. The minimum absolute atomic E-state index is 0.0420. The normalized spacial score (nSPS) is 9.95. The fourth-order valence-electron chi connectivity index (χ4n) is 1.14. The summed E-state index contributed by atoms with van der Waals surface area (Å²) in [6.45, 7) is 0. The molecular formula is C10H9ClN2O5S. The summed E-state index contributed by atoms with van der Waals surface area (Å²) >= 11 is 6.72. The van der Waals surface area contributed by atoms with Crippen molar-refractivity contribution in [3.05, 3.63) is 33.3 Å². The van der Waals surface area contributed by atoms with E-state index in [9.17, 15) is 19.7 Å². The first-order valence-electron chi connectivity index (χ1n) is 4.93. The molecule has 0 spiro atoms. The lowest BCUT2D eigenvalue weighted by atomic mass is 10.3. The highest BCUT2D eigenvalue weighted by Crippen LogP contribution is 2.26. The minimum atomic E-state index is -1.01. The highest BCUT2D eigenvalue weighted by atomic mass is 35.5. The van der Waals surface area contributed by atoms with Crippen molar-refractivity contribution < 1.29 is 19.6 Å². The van der Waals surface area contributed by atoms with Crippen LogP contribution in [0.2, 0.25) is 5.02 Å². The van der Waals surface area contributed by atoms with Crippen LogP contribution in [0.25, 0.3) is 0 Å². The number of nitro benzene ring substituents is 1. The molecule has 0 fully saturated rings. The first kappa shape index (κ1) is 15.3. The predicted molar refractivity (Wildman–Crippen MR) is 71.7 cm³/mol. The molecule has 1 rings (SSSR count). The third-order valence-electron chi connectivity index (χ3n) is 1.90. The third kappa shape index (κ3) is 5.14. The Morgan fingerprint density at radius 3 is 2.63 bits per heavy atom. The Kier molecular flexibility index (Phi) is 5.58. The minimum Gasteiger partial charge on any atom is -0.481 e. The molecule has 1 aromatic carbocycles. The van der Waals surface area contributed by atoms with Gasteiger partial charge in [-0.2, -0.15) is 0 Å². The van der Waals surface area contributed by atoms with Gasteiger partial charge in [-0.05, 0) is 6.07 Å². The Labute approximate surface area is 117 Å². The molecule has 0 saturated carbocycles. The Bertz CT molecular complexity index is 523. The zero-order valence-electron chi connectivity index (χ0n) is 9.46. The van der Waals surface area contributed by atoms with Gasteiger partial charge in [0.1, 0.15) is 0 Å². The van der Waals surface area contributed by atoms with Gasteiger partial charge >= 0.3 is 5.97 Å². The lowest BCUT2D eigenvalue weighted by Crippen LogP contribution is -2.15. The number of nitro groups is 1. The van der Waals surface area contributed by atoms with E-state index in [-0.39, 0.29) is 27.9 Å². The van der Waals surface area contributed by atoms with E-state index in [1.165, 1.54) is 12.1 Å². The number of benzene rings is 1. The van der Waals surface area contributed by atoms with E-state index in [0.29, 0.717) is 0 Å². The van der Waals surface area contributed by atoms with E-state index < -0.39 is 16.8 Å². The number of halogens is 1. The maximum Gasteiger partial charge on any atom is 0.313 e. The summed E-state index contributed by atoms with van der Waals surface area (Å²) in [6, 6.07) is 3.66. The molecule has 9 heteroatoms. The summed E-state index contributed by atoms with van der Waals surface area (Å²) in [4.78, 5) is 31.6. The van der Waals surface area contributed by atoms with Crippen LogP contribution in [-0.2, 0) is 9.59 Å². The molecule has 0 atom stereocenters. The number of nitrogens with zero attached hydrogens (tertiary/aromatic N) is 1. The quantitative estimate of drug-likeness (QED) is 0.614. The zero-order valence-corrected chi connectivity index (χ0v) is 11.0. The van der Waals surface area contributed by atoms with Crippen LogP contribution >= 0.6 is 23.4 Å². The molecule has 1 aromatic rings. The van der Waals surface area contributed by atoms with Gasteiger partial charge in [0, 0.05) is 12.1 Å². The molecule has 0 aliphatic carbocycles. The monoisotopic (exact) mass is 304 g/mol. The molecule has 0 bridgehead atoms. The average Bonchev–Trinajstić information content (AvgIpc) is 2.31. The van der Waals surface area contributed by atoms with Crippen LogP contribution in [0.4, 0.5) is 11.4 Å². The number of amides is 1. The second-order valence-corrected chi connectivity index (χ2v) is 4.75. The highest BCUT2D eigenvalue weighted by Gasteiger charge is 2.11. The standard InChI is InChI=1S/C10H9ClN2O5S/c11-7-3-6(13(17)18)1-2-8(7)12-9(14)4-19-5-10(15)16/h1-3H,4-5H2,(H,12,14)(H,15,16). The number of non-ortho nitro benzene ring substituents is 1. The topological polar surface area (TPSA) is 110 Å². The van der Waals surface area contributed by atoms with Gasteiger partial charge in [-0.15, -0.1) is 11.8 Å². The molecule has 0 heterocycles. The van der Waals surface area contributed by atoms with Gasteiger partial charge in [0.05, 0.1) is 27.1 Å². The number of nitrogens with one attached hydrogen (secondary N) is 1. The smallest absolute Gasteiger partial charge is 0.313 e. The van der Waals surface area contributed by atoms with E-state index >= 15 is 0 Å². The van der Waals surface area contributed by atoms with Crippen molar-refractivity contribution in [2.45, 2.75) is 0 Å². The van der Waals surface area contributed by atoms with E-state index in [4.69, 9.17) is 16.7 Å². The maximum atomic E-state index is 11.4. The van der Waals surface area contributed by atoms with E-state index in [0.717, 1.165) is 17.8 Å². The number of carboxylic acids is 1. The van der Waals surface area contributed by atoms with Gasteiger partial charge in [0.25, 0.3) is 5.69 Å². The highest BCUT2D eigenvalue weighted by molar-refractivity contribution is 8.00. The fourth-order valence-corrected chi connectivity index (χ4v) is 1.89. The van der Waals surface area contributed by atoms with E-state index in [1.54, 1.807) is 0 Å². The first-order valence-corrected chi connectivity index (χ1v) is 6.46. The number of hydrogen-bond acceptors (Lipinski definition) is 5. The number of thioether (sulfide) groups is 1. The van der Waals surface area contributed by atoms with Crippen LogP contribution in [0.3, 0.4) is 0 Å². The van der Waals surface area contributed by atoms with Gasteiger partial charge in [0.15, 0.2) is 0 Å². The van der Waals surface area contributed by atoms with Crippen molar-refractivity contribution in [3.63, 3.8) is 0 Å². The second kappa shape index (κ2) is 6.95. The average molecular weight is 305 g/mol. The molecule has 0 unspecified atom stereocenters. The van der Waals surface area contributed by atoms with E-state index in [1.807, 2.05) is 0 Å². The largest absolute Gasteiger partial charge is 0.481 e. The summed E-state index contributed by atoms with van der Waals surface area (Å²) in [5.74, 6) is -1.66. The Hall–Kier alpha value is -1.80. The van der Waals surface area contributed by atoms with Gasteiger partial charge in [-0.25, -0.2) is 0 Å². The van der Waals surface area contributed by atoms with Crippen LogP contribution < -0.4 is 5.32 Å². The van der Waals surface area contributed by atoms with Crippen LogP contribution in [0.5, 0.6) is 0 Å². The Morgan fingerprint density at radius 1 is 1.42 bits per heavy atom. The SMILES string of the molecule is O=C(O)CSCC(=O)Nc1ccc([N+](=O)[O-])cc1Cl. The maximum absolute atomic E-state index is 11.4. The molecule has 1 amide bonds. The van der Waals surface area contributed by atoms with Gasteiger partial charge < -0.3 is 10.4 Å². The lowest BCUT2D eigenvalue weighted by molar-refractivity contribution is -0.384. The number of aliphatic carboxylic acids is 1. The number of carbonyl (C=O) groups is 2. The van der Waals surface area contributed by atoms with Crippen LogP contribution in [0.1, 0.15) is 0 Å². The molecule has 0 aromatic heterocycles. The molecule has 2 N–H and O–H groups in total. The molecule has 0 aliphatic rings. The molecule has 7 nitrogen and oxygen atoms in total. The number of hydrogen-bond donors (Lipinski definition) is 2. The summed E-state index contributed by atoms with van der Waals surface area (Å²) in [7, 11) is 0. The Balaban J connectivity index is 2.59. The third-order valence-corrected chi connectivity index (χ3v) is 3.13. The summed E-state index contributed by atoms with van der Waals surface area (Å²) in [5, 5.41) is 21.4. The second-order valence-electron chi connectivity index (χ2n) is 3.36.